The summed E-state index contributed by atoms with van der Waals surface area (Å²) in [6.45, 7) is 1.89. The van der Waals surface area contributed by atoms with Crippen molar-refractivity contribution in [3.05, 3.63) is 12.5 Å². The van der Waals surface area contributed by atoms with Crippen LogP contribution in [0.1, 0.15) is 0 Å². The summed E-state index contributed by atoms with van der Waals surface area (Å²) in [5.41, 5.74) is 1.59. The highest BCUT2D eigenvalue weighted by Crippen LogP contribution is 2.27. The van der Waals surface area contributed by atoms with Crippen molar-refractivity contribution in [2.75, 3.05) is 12.9 Å². The van der Waals surface area contributed by atoms with Gasteiger partial charge in [-0.15, -0.1) is 11.8 Å². The minimum absolute atomic E-state index is 0.726. The van der Waals surface area contributed by atoms with Crippen LogP contribution >= 0.6 is 19.7 Å². The number of nitriles is 1. The SMILES string of the molecule is CSc1ncnn2c(P(C)C#N)cnc12. The summed E-state index contributed by atoms with van der Waals surface area (Å²) in [4.78, 5) is 8.36. The number of thioether (sulfide) groups is 1. The van der Waals surface area contributed by atoms with Crippen LogP contribution in [0.25, 0.3) is 5.65 Å². The molecule has 76 valence electrons. The third-order valence-corrected chi connectivity index (χ3v) is 3.91. The maximum atomic E-state index is 8.88. The Labute approximate surface area is 92.3 Å². The number of hydrogen-bond acceptors (Lipinski definition) is 5. The Kier molecular flexibility index (Phi) is 2.85. The van der Waals surface area contributed by atoms with Gasteiger partial charge in [-0.2, -0.15) is 10.4 Å². The van der Waals surface area contributed by atoms with Crippen LogP contribution in [0.4, 0.5) is 0 Å². The quantitative estimate of drug-likeness (QED) is 0.577. The lowest BCUT2D eigenvalue weighted by Gasteiger charge is -2.01. The summed E-state index contributed by atoms with van der Waals surface area (Å²) in [6.07, 6.45) is 5.14. The molecule has 2 aromatic heterocycles. The molecule has 0 radical (unpaired) electrons. The van der Waals surface area contributed by atoms with Gasteiger partial charge < -0.3 is 0 Å². The maximum Gasteiger partial charge on any atom is 0.186 e. The van der Waals surface area contributed by atoms with Crippen molar-refractivity contribution < 1.29 is 0 Å². The first-order chi connectivity index (χ1) is 7.27. The van der Waals surface area contributed by atoms with Crippen molar-refractivity contribution in [1.29, 1.82) is 5.26 Å². The largest absolute Gasteiger partial charge is 0.232 e. The van der Waals surface area contributed by atoms with E-state index in [1.165, 1.54) is 18.1 Å². The molecule has 15 heavy (non-hydrogen) atoms. The third-order valence-electron chi connectivity index (χ3n) is 1.94. The van der Waals surface area contributed by atoms with Gasteiger partial charge in [-0.3, -0.25) is 0 Å². The lowest BCUT2D eigenvalue weighted by molar-refractivity contribution is 0.873. The monoisotopic (exact) mass is 237 g/mol. The molecule has 0 aliphatic rings. The zero-order chi connectivity index (χ0) is 10.8. The summed E-state index contributed by atoms with van der Waals surface area (Å²) in [5.74, 6) is 2.23. The van der Waals surface area contributed by atoms with E-state index in [4.69, 9.17) is 5.26 Å². The first-order valence-corrected chi connectivity index (χ1v) is 7.15. The zero-order valence-electron chi connectivity index (χ0n) is 8.25. The highest BCUT2D eigenvalue weighted by Gasteiger charge is 2.13. The van der Waals surface area contributed by atoms with Gasteiger partial charge in [-0.25, -0.2) is 14.5 Å². The summed E-state index contributed by atoms with van der Waals surface area (Å²) >= 11 is 1.52. The molecule has 2 aromatic rings. The van der Waals surface area contributed by atoms with Crippen molar-refractivity contribution in [2.24, 2.45) is 0 Å². The molecule has 0 bridgehead atoms. The van der Waals surface area contributed by atoms with Gasteiger partial charge in [-0.05, 0) is 12.9 Å². The van der Waals surface area contributed by atoms with Crippen molar-refractivity contribution in [2.45, 2.75) is 5.03 Å². The third kappa shape index (κ3) is 1.69. The fraction of sp³-hybridized carbons (Fsp3) is 0.250. The average Bonchev–Trinajstić information content (AvgIpc) is 2.71. The summed E-state index contributed by atoms with van der Waals surface area (Å²) in [7, 11) is -0.847. The number of nitrogens with zero attached hydrogens (tertiary/aromatic N) is 5. The van der Waals surface area contributed by atoms with Crippen LogP contribution in [0.15, 0.2) is 17.6 Å². The summed E-state index contributed by atoms with van der Waals surface area (Å²) < 4.78 is 1.70. The van der Waals surface area contributed by atoms with Crippen molar-refractivity contribution >= 4 is 30.8 Å². The van der Waals surface area contributed by atoms with Crippen LogP contribution in [-0.4, -0.2) is 32.5 Å². The zero-order valence-corrected chi connectivity index (χ0v) is 9.96. The van der Waals surface area contributed by atoms with Gasteiger partial charge in [0.15, 0.2) is 5.65 Å². The Bertz CT molecular complexity index is 531. The van der Waals surface area contributed by atoms with E-state index in [1.54, 1.807) is 10.7 Å². The lowest BCUT2D eigenvalue weighted by atomic mass is 10.8. The molecule has 0 fully saturated rings. The molecule has 7 heteroatoms. The van der Waals surface area contributed by atoms with E-state index >= 15 is 0 Å². The fourth-order valence-electron chi connectivity index (χ4n) is 1.21. The second kappa shape index (κ2) is 4.13. The van der Waals surface area contributed by atoms with E-state index in [0.29, 0.717) is 0 Å². The molecule has 0 aliphatic heterocycles. The molecular weight excluding hydrogens is 229 g/mol. The van der Waals surface area contributed by atoms with Gasteiger partial charge in [0.2, 0.25) is 0 Å². The number of fused-ring (bicyclic) bond motifs is 1. The van der Waals surface area contributed by atoms with E-state index in [0.717, 1.165) is 16.1 Å². The van der Waals surface area contributed by atoms with Crippen molar-refractivity contribution in [1.82, 2.24) is 19.6 Å². The summed E-state index contributed by atoms with van der Waals surface area (Å²) in [6, 6.07) is 0. The molecule has 0 saturated heterocycles. The van der Waals surface area contributed by atoms with Gasteiger partial charge >= 0.3 is 0 Å². The van der Waals surface area contributed by atoms with E-state index in [2.05, 4.69) is 20.9 Å². The molecular formula is C8H8N5PS. The van der Waals surface area contributed by atoms with Gasteiger partial charge in [0.25, 0.3) is 0 Å². The normalized spacial score (nSPS) is 12.6. The molecule has 2 rings (SSSR count). The predicted molar refractivity (Wildman–Crippen MR) is 60.7 cm³/mol. The highest BCUT2D eigenvalue weighted by molar-refractivity contribution is 7.98. The smallest absolute Gasteiger partial charge is 0.186 e. The molecule has 0 amide bonds. The Hall–Kier alpha value is -1.18. The number of imidazole rings is 1. The van der Waals surface area contributed by atoms with Gasteiger partial charge in [0, 0.05) is 0 Å². The Balaban J connectivity index is 2.67. The van der Waals surface area contributed by atoms with Gasteiger partial charge in [-0.1, -0.05) is 0 Å². The Morgan fingerprint density at radius 1 is 1.53 bits per heavy atom. The van der Waals surface area contributed by atoms with E-state index < -0.39 is 7.92 Å². The van der Waals surface area contributed by atoms with Crippen LogP contribution in [0, 0.1) is 11.1 Å². The van der Waals surface area contributed by atoms with Crippen LogP contribution in [0.2, 0.25) is 0 Å². The topological polar surface area (TPSA) is 66.9 Å². The number of aromatic nitrogens is 4. The molecule has 2 heterocycles. The van der Waals surface area contributed by atoms with Crippen LogP contribution in [0.5, 0.6) is 0 Å². The standard InChI is InChI=1S/C8H8N5PS/c1-14(4-9)6-3-10-7-8(15-2)11-5-12-13(6)7/h3,5H,1-2H3. The average molecular weight is 237 g/mol. The first kappa shape index (κ1) is 10.3. The predicted octanol–water partition coefficient (Wildman–Crippen LogP) is 1.06. The van der Waals surface area contributed by atoms with Crippen LogP contribution in [-0.2, 0) is 0 Å². The first-order valence-electron chi connectivity index (χ1n) is 4.14. The second-order valence-corrected chi connectivity index (χ2v) is 5.35. The molecule has 0 N–H and O–H groups in total. The molecule has 1 atom stereocenters. The van der Waals surface area contributed by atoms with E-state index in [1.807, 2.05) is 12.9 Å². The van der Waals surface area contributed by atoms with Crippen molar-refractivity contribution in [3.63, 3.8) is 0 Å². The number of hydrogen-bond donors (Lipinski definition) is 0. The number of rotatable bonds is 2. The Morgan fingerprint density at radius 3 is 3.00 bits per heavy atom. The maximum absolute atomic E-state index is 8.88. The molecule has 0 aromatic carbocycles. The highest BCUT2D eigenvalue weighted by atomic mass is 32.2. The van der Waals surface area contributed by atoms with Crippen LogP contribution in [0.3, 0.4) is 0 Å². The lowest BCUT2D eigenvalue weighted by Crippen LogP contribution is -2.10. The fourth-order valence-corrected chi connectivity index (χ4v) is 2.45. The summed E-state index contributed by atoms with van der Waals surface area (Å²) in [5, 5.41) is 13.8. The van der Waals surface area contributed by atoms with Gasteiger partial charge in [0.1, 0.15) is 11.4 Å². The van der Waals surface area contributed by atoms with E-state index in [-0.39, 0.29) is 0 Å². The van der Waals surface area contributed by atoms with Gasteiger partial charge in [0.05, 0.1) is 25.4 Å². The van der Waals surface area contributed by atoms with E-state index in [9.17, 15) is 0 Å². The molecule has 0 aliphatic carbocycles. The minimum atomic E-state index is -0.847. The van der Waals surface area contributed by atoms with Crippen LogP contribution < -0.4 is 5.44 Å². The molecule has 1 unspecified atom stereocenters. The minimum Gasteiger partial charge on any atom is -0.232 e. The Morgan fingerprint density at radius 2 is 2.33 bits per heavy atom. The molecule has 0 saturated carbocycles. The molecule has 5 nitrogen and oxygen atoms in total. The second-order valence-electron chi connectivity index (χ2n) is 2.78. The molecule has 0 spiro atoms. The van der Waals surface area contributed by atoms with Crippen molar-refractivity contribution in [3.8, 4) is 5.81 Å².